The summed E-state index contributed by atoms with van der Waals surface area (Å²) in [6, 6.07) is 13.4. The van der Waals surface area contributed by atoms with E-state index in [2.05, 4.69) is 0 Å². The highest BCUT2D eigenvalue weighted by atomic mass is 35.5. The Labute approximate surface area is 192 Å². The van der Waals surface area contributed by atoms with E-state index in [-0.39, 0.29) is 24.8 Å². The molecule has 0 aliphatic carbocycles. The molecule has 1 saturated heterocycles. The van der Waals surface area contributed by atoms with Crippen molar-refractivity contribution in [1.82, 2.24) is 0 Å². The summed E-state index contributed by atoms with van der Waals surface area (Å²) in [5.41, 5.74) is 2.86. The van der Waals surface area contributed by atoms with Crippen LogP contribution in [-0.2, 0) is 23.7 Å². The van der Waals surface area contributed by atoms with Crippen LogP contribution in [0.25, 0.3) is 16.7 Å². The number of hydrogen-bond acceptors (Lipinski definition) is 6. The Kier molecular flexibility index (Phi) is 6.65. The third-order valence-electron chi connectivity index (χ3n) is 5.85. The van der Waals surface area contributed by atoms with Crippen molar-refractivity contribution in [2.75, 3.05) is 26.4 Å². The maximum absolute atomic E-state index is 13.8. The van der Waals surface area contributed by atoms with Gasteiger partial charge in [0.15, 0.2) is 5.78 Å². The van der Waals surface area contributed by atoms with Crippen LogP contribution in [-0.4, -0.2) is 44.0 Å². The minimum absolute atomic E-state index is 0.00446. The Bertz CT molecular complexity index is 1050. The maximum Gasteiger partial charge on any atom is 0.513 e. The fourth-order valence-corrected chi connectivity index (χ4v) is 4.21. The van der Waals surface area contributed by atoms with Gasteiger partial charge in [-0.1, -0.05) is 35.9 Å². The Balaban J connectivity index is 1.82. The number of carbonyl (C=O) groups is 2. The molecule has 1 spiro atoms. The molecule has 1 fully saturated rings. The van der Waals surface area contributed by atoms with Crippen LogP contribution in [0.1, 0.15) is 30.9 Å². The van der Waals surface area contributed by atoms with Gasteiger partial charge in [0.1, 0.15) is 18.0 Å². The molecule has 0 N–H and O–H groups in total. The van der Waals surface area contributed by atoms with Crippen molar-refractivity contribution in [1.29, 1.82) is 0 Å². The van der Waals surface area contributed by atoms with Crippen LogP contribution in [0, 0.1) is 6.92 Å². The molecule has 2 aliphatic rings. The SMILES string of the molecule is CCOC(=O)OC1=C(c2cc(-c3ccc(Cl)cc3)ccc2C)C(=O)C2(CCOCC2)OC1. The molecule has 0 radical (unpaired) electrons. The summed E-state index contributed by atoms with van der Waals surface area (Å²) >= 11 is 6.04. The monoisotopic (exact) mass is 456 g/mol. The Morgan fingerprint density at radius 1 is 1.09 bits per heavy atom. The van der Waals surface area contributed by atoms with Crippen molar-refractivity contribution in [3.63, 3.8) is 0 Å². The lowest BCUT2D eigenvalue weighted by Gasteiger charge is -2.39. The molecule has 0 aromatic heterocycles. The van der Waals surface area contributed by atoms with Crippen molar-refractivity contribution in [2.45, 2.75) is 32.3 Å². The molecule has 7 heteroatoms. The lowest BCUT2D eigenvalue weighted by Crippen LogP contribution is -2.50. The van der Waals surface area contributed by atoms with Gasteiger partial charge in [-0.2, -0.15) is 0 Å². The predicted molar refractivity (Wildman–Crippen MR) is 120 cm³/mol. The van der Waals surface area contributed by atoms with Gasteiger partial charge < -0.3 is 18.9 Å². The van der Waals surface area contributed by atoms with Crippen LogP contribution in [0.2, 0.25) is 5.02 Å². The van der Waals surface area contributed by atoms with Crippen molar-refractivity contribution < 1.29 is 28.5 Å². The predicted octanol–water partition coefficient (Wildman–Crippen LogP) is 5.35. The summed E-state index contributed by atoms with van der Waals surface area (Å²) in [7, 11) is 0. The normalized spacial score (nSPS) is 18.0. The molecular formula is C25H25ClO6. The Morgan fingerprint density at radius 3 is 2.47 bits per heavy atom. The molecule has 0 atom stereocenters. The lowest BCUT2D eigenvalue weighted by atomic mass is 9.79. The van der Waals surface area contributed by atoms with E-state index < -0.39 is 11.8 Å². The number of carbonyl (C=O) groups excluding carboxylic acids is 2. The van der Waals surface area contributed by atoms with Crippen LogP contribution in [0.5, 0.6) is 0 Å². The van der Waals surface area contributed by atoms with E-state index in [1.54, 1.807) is 6.92 Å². The standard InChI is InChI=1S/C25H25ClO6/c1-3-30-24(28)32-21-15-31-25(10-12-29-13-11-25)23(27)22(21)20-14-18(5-4-16(20)2)17-6-8-19(26)9-7-17/h4-9,14H,3,10-13,15H2,1-2H3. The minimum atomic E-state index is -0.974. The van der Waals surface area contributed by atoms with Crippen LogP contribution in [0.15, 0.2) is 48.2 Å². The first-order valence-corrected chi connectivity index (χ1v) is 11.0. The molecule has 2 aliphatic heterocycles. The van der Waals surface area contributed by atoms with Gasteiger partial charge in [-0.25, -0.2) is 4.79 Å². The molecule has 2 heterocycles. The zero-order valence-electron chi connectivity index (χ0n) is 18.1. The number of halogens is 1. The molecule has 0 saturated carbocycles. The van der Waals surface area contributed by atoms with E-state index in [0.717, 1.165) is 16.7 Å². The summed E-state index contributed by atoms with van der Waals surface area (Å²) in [6.45, 7) is 4.67. The van der Waals surface area contributed by atoms with Crippen LogP contribution < -0.4 is 0 Å². The molecule has 168 valence electrons. The topological polar surface area (TPSA) is 71.1 Å². The number of benzene rings is 2. The molecule has 2 aromatic carbocycles. The smallest absolute Gasteiger partial charge is 0.434 e. The van der Waals surface area contributed by atoms with Gasteiger partial charge >= 0.3 is 6.16 Å². The third kappa shape index (κ3) is 4.44. The van der Waals surface area contributed by atoms with Gasteiger partial charge in [0, 0.05) is 31.1 Å². The molecule has 0 bridgehead atoms. The van der Waals surface area contributed by atoms with E-state index in [9.17, 15) is 9.59 Å². The molecule has 2 aromatic rings. The van der Waals surface area contributed by atoms with E-state index in [0.29, 0.717) is 42.2 Å². The Hall–Kier alpha value is -2.67. The molecule has 0 amide bonds. The summed E-state index contributed by atoms with van der Waals surface area (Å²) in [5, 5.41) is 0.648. The molecule has 6 nitrogen and oxygen atoms in total. The van der Waals surface area contributed by atoms with Crippen LogP contribution >= 0.6 is 11.6 Å². The van der Waals surface area contributed by atoms with Crippen molar-refractivity contribution in [3.05, 3.63) is 64.4 Å². The van der Waals surface area contributed by atoms with Crippen molar-refractivity contribution in [3.8, 4) is 11.1 Å². The largest absolute Gasteiger partial charge is 0.513 e. The second-order valence-corrected chi connectivity index (χ2v) is 8.28. The van der Waals surface area contributed by atoms with Gasteiger partial charge in [-0.05, 0) is 54.3 Å². The Morgan fingerprint density at radius 2 is 1.78 bits per heavy atom. The summed E-state index contributed by atoms with van der Waals surface area (Å²) < 4.78 is 21.8. The first kappa shape index (κ1) is 22.5. The van der Waals surface area contributed by atoms with Gasteiger partial charge in [0.2, 0.25) is 0 Å². The van der Waals surface area contributed by atoms with E-state index >= 15 is 0 Å². The zero-order chi connectivity index (χ0) is 22.7. The van der Waals surface area contributed by atoms with Gasteiger partial charge in [0.05, 0.1) is 12.2 Å². The highest BCUT2D eigenvalue weighted by molar-refractivity contribution is 6.30. The summed E-state index contributed by atoms with van der Waals surface area (Å²) in [6.07, 6.45) is 0.0569. The van der Waals surface area contributed by atoms with Crippen molar-refractivity contribution >= 4 is 29.1 Å². The second kappa shape index (κ2) is 9.45. The number of aryl methyl sites for hydroxylation is 1. The first-order valence-electron chi connectivity index (χ1n) is 10.6. The summed E-state index contributed by atoms with van der Waals surface area (Å²) in [4.78, 5) is 25.9. The quantitative estimate of drug-likeness (QED) is 0.578. The lowest BCUT2D eigenvalue weighted by molar-refractivity contribution is -0.155. The van der Waals surface area contributed by atoms with Crippen LogP contribution in [0.3, 0.4) is 0 Å². The highest BCUT2D eigenvalue weighted by Gasteiger charge is 2.47. The zero-order valence-corrected chi connectivity index (χ0v) is 18.9. The molecule has 32 heavy (non-hydrogen) atoms. The van der Waals surface area contributed by atoms with Gasteiger partial charge in [-0.15, -0.1) is 0 Å². The molecule has 4 rings (SSSR count). The van der Waals surface area contributed by atoms with Gasteiger partial charge in [0.25, 0.3) is 0 Å². The number of Topliss-reactive ketones (excluding diaryl/α,β-unsaturated/α-hetero) is 1. The summed E-state index contributed by atoms with van der Waals surface area (Å²) in [5.74, 6) is -0.0235. The average Bonchev–Trinajstić information content (AvgIpc) is 2.79. The number of ketones is 1. The number of rotatable bonds is 4. The molecule has 0 unspecified atom stereocenters. The fourth-order valence-electron chi connectivity index (χ4n) is 4.08. The van der Waals surface area contributed by atoms with E-state index in [1.807, 2.05) is 49.4 Å². The minimum Gasteiger partial charge on any atom is -0.434 e. The first-order chi connectivity index (χ1) is 15.4. The van der Waals surface area contributed by atoms with Gasteiger partial charge in [-0.3, -0.25) is 4.79 Å². The highest BCUT2D eigenvalue weighted by Crippen LogP contribution is 2.40. The van der Waals surface area contributed by atoms with E-state index in [4.69, 9.17) is 30.5 Å². The molecular weight excluding hydrogens is 432 g/mol. The second-order valence-electron chi connectivity index (χ2n) is 7.84. The number of hydrogen-bond donors (Lipinski definition) is 0. The maximum atomic E-state index is 13.8. The average molecular weight is 457 g/mol. The van der Waals surface area contributed by atoms with Crippen molar-refractivity contribution in [2.24, 2.45) is 0 Å². The van der Waals surface area contributed by atoms with Crippen LogP contribution in [0.4, 0.5) is 4.79 Å². The van der Waals surface area contributed by atoms with E-state index in [1.165, 1.54) is 0 Å². The number of ether oxygens (including phenoxy) is 4. The fraction of sp³-hybridized carbons (Fsp3) is 0.360. The third-order valence-corrected chi connectivity index (χ3v) is 6.10.